The molecule has 1 aliphatic rings. The lowest BCUT2D eigenvalue weighted by Gasteiger charge is -2.14. The molecule has 0 saturated heterocycles. The monoisotopic (exact) mass is 234 g/mol. The molecule has 17 heavy (non-hydrogen) atoms. The lowest BCUT2D eigenvalue weighted by Crippen LogP contribution is -2.22. The van der Waals surface area contributed by atoms with Crippen molar-refractivity contribution in [3.63, 3.8) is 0 Å². The molecule has 0 saturated carbocycles. The lowest BCUT2D eigenvalue weighted by atomic mass is 10.1. The number of anilines is 1. The SMILES string of the molecule is CN(C)CCNc1nc2c(cc1CN)CCC2. The van der Waals surface area contributed by atoms with Crippen molar-refractivity contribution < 1.29 is 0 Å². The van der Waals surface area contributed by atoms with Crippen LogP contribution in [0.2, 0.25) is 0 Å². The molecule has 4 nitrogen and oxygen atoms in total. The molecule has 2 rings (SSSR count). The van der Waals surface area contributed by atoms with Crippen molar-refractivity contribution in [3.8, 4) is 0 Å². The Morgan fingerprint density at radius 3 is 2.94 bits per heavy atom. The summed E-state index contributed by atoms with van der Waals surface area (Å²) in [5, 5.41) is 3.39. The third kappa shape index (κ3) is 2.96. The number of nitrogens with two attached hydrogens (primary N) is 1. The predicted molar refractivity (Wildman–Crippen MR) is 71.2 cm³/mol. The summed E-state index contributed by atoms with van der Waals surface area (Å²) in [6.07, 6.45) is 3.50. The van der Waals surface area contributed by atoms with Gasteiger partial charge in [0.15, 0.2) is 0 Å². The highest BCUT2D eigenvalue weighted by Crippen LogP contribution is 2.24. The van der Waals surface area contributed by atoms with Crippen molar-refractivity contribution in [2.24, 2.45) is 5.73 Å². The van der Waals surface area contributed by atoms with E-state index in [4.69, 9.17) is 10.7 Å². The summed E-state index contributed by atoms with van der Waals surface area (Å²) < 4.78 is 0. The van der Waals surface area contributed by atoms with Crippen LogP contribution in [0.25, 0.3) is 0 Å². The second-order valence-corrected chi connectivity index (χ2v) is 4.89. The number of likely N-dealkylation sites (N-methyl/N-ethyl adjacent to an activating group) is 1. The molecule has 0 aromatic carbocycles. The Balaban J connectivity index is 2.09. The summed E-state index contributed by atoms with van der Waals surface area (Å²) in [5.74, 6) is 0.981. The fourth-order valence-electron chi connectivity index (χ4n) is 2.23. The first-order chi connectivity index (χ1) is 8.20. The molecular weight excluding hydrogens is 212 g/mol. The smallest absolute Gasteiger partial charge is 0.130 e. The van der Waals surface area contributed by atoms with E-state index in [-0.39, 0.29) is 0 Å². The van der Waals surface area contributed by atoms with Crippen LogP contribution in [0, 0.1) is 0 Å². The maximum absolute atomic E-state index is 5.79. The van der Waals surface area contributed by atoms with Gasteiger partial charge in [0, 0.05) is 30.9 Å². The van der Waals surface area contributed by atoms with Gasteiger partial charge in [-0.1, -0.05) is 0 Å². The number of pyridine rings is 1. The van der Waals surface area contributed by atoms with Crippen molar-refractivity contribution in [3.05, 3.63) is 22.9 Å². The number of aromatic nitrogens is 1. The molecule has 1 aromatic rings. The fourth-order valence-corrected chi connectivity index (χ4v) is 2.23. The van der Waals surface area contributed by atoms with Crippen molar-refractivity contribution in [1.29, 1.82) is 0 Å². The topological polar surface area (TPSA) is 54.2 Å². The maximum Gasteiger partial charge on any atom is 0.130 e. The van der Waals surface area contributed by atoms with E-state index in [1.165, 1.54) is 17.7 Å². The highest BCUT2D eigenvalue weighted by Gasteiger charge is 2.15. The van der Waals surface area contributed by atoms with Crippen LogP contribution < -0.4 is 11.1 Å². The van der Waals surface area contributed by atoms with Crippen molar-refractivity contribution in [2.75, 3.05) is 32.5 Å². The molecule has 1 aromatic heterocycles. The van der Waals surface area contributed by atoms with E-state index in [2.05, 4.69) is 30.4 Å². The molecule has 0 unspecified atom stereocenters. The van der Waals surface area contributed by atoms with E-state index in [9.17, 15) is 0 Å². The molecule has 4 heteroatoms. The molecule has 94 valence electrons. The highest BCUT2D eigenvalue weighted by molar-refractivity contribution is 5.48. The minimum absolute atomic E-state index is 0.560. The van der Waals surface area contributed by atoms with E-state index in [0.29, 0.717) is 6.54 Å². The van der Waals surface area contributed by atoms with Crippen LogP contribution in [0.5, 0.6) is 0 Å². The van der Waals surface area contributed by atoms with E-state index in [1.54, 1.807) is 0 Å². The van der Waals surface area contributed by atoms with Crippen molar-refractivity contribution in [2.45, 2.75) is 25.8 Å². The zero-order valence-electron chi connectivity index (χ0n) is 10.8. The summed E-state index contributed by atoms with van der Waals surface area (Å²) in [4.78, 5) is 6.87. The molecule has 0 radical (unpaired) electrons. The van der Waals surface area contributed by atoms with Crippen LogP contribution in [0.4, 0.5) is 5.82 Å². The Morgan fingerprint density at radius 2 is 2.24 bits per heavy atom. The standard InChI is InChI=1S/C13H22N4/c1-17(2)7-6-15-13-11(9-14)8-10-4-3-5-12(10)16-13/h8H,3-7,9,14H2,1-2H3,(H,15,16). The van der Waals surface area contributed by atoms with Crippen LogP contribution in [-0.4, -0.2) is 37.1 Å². The Labute approximate surface area is 103 Å². The van der Waals surface area contributed by atoms with Crippen LogP contribution in [0.3, 0.4) is 0 Å². The van der Waals surface area contributed by atoms with Gasteiger partial charge in [-0.25, -0.2) is 4.98 Å². The van der Waals surface area contributed by atoms with Gasteiger partial charge in [-0.05, 0) is 45.0 Å². The number of nitrogens with zero attached hydrogens (tertiary/aromatic N) is 2. The molecule has 0 amide bonds. The van der Waals surface area contributed by atoms with Gasteiger partial charge < -0.3 is 16.0 Å². The van der Waals surface area contributed by atoms with Crippen molar-refractivity contribution >= 4 is 5.82 Å². The molecule has 1 heterocycles. The normalized spacial score (nSPS) is 14.1. The minimum Gasteiger partial charge on any atom is -0.369 e. The average Bonchev–Trinajstić information content (AvgIpc) is 2.74. The number of aryl methyl sites for hydroxylation is 2. The van der Waals surface area contributed by atoms with Gasteiger partial charge in [-0.3, -0.25) is 0 Å². The summed E-state index contributed by atoms with van der Waals surface area (Å²) in [6, 6.07) is 2.23. The largest absolute Gasteiger partial charge is 0.369 e. The number of hydrogen-bond acceptors (Lipinski definition) is 4. The fraction of sp³-hybridized carbons (Fsp3) is 0.615. The molecule has 0 fully saturated rings. The first-order valence-corrected chi connectivity index (χ1v) is 6.31. The van der Waals surface area contributed by atoms with E-state index >= 15 is 0 Å². The van der Waals surface area contributed by atoms with E-state index < -0.39 is 0 Å². The number of nitrogens with one attached hydrogen (secondary N) is 1. The Bertz CT molecular complexity index is 387. The molecular formula is C13H22N4. The van der Waals surface area contributed by atoms with Crippen LogP contribution in [-0.2, 0) is 19.4 Å². The molecule has 0 aliphatic heterocycles. The number of hydrogen-bond donors (Lipinski definition) is 2. The second kappa shape index (κ2) is 5.47. The quantitative estimate of drug-likeness (QED) is 0.798. The van der Waals surface area contributed by atoms with Crippen molar-refractivity contribution in [1.82, 2.24) is 9.88 Å². The minimum atomic E-state index is 0.560. The van der Waals surface area contributed by atoms with Crippen LogP contribution in [0.1, 0.15) is 23.2 Å². The first kappa shape index (κ1) is 12.3. The lowest BCUT2D eigenvalue weighted by molar-refractivity contribution is 0.425. The third-order valence-electron chi connectivity index (χ3n) is 3.20. The molecule has 0 spiro atoms. The maximum atomic E-state index is 5.79. The number of fused-ring (bicyclic) bond motifs is 1. The zero-order chi connectivity index (χ0) is 12.3. The van der Waals surface area contributed by atoms with Crippen LogP contribution in [0.15, 0.2) is 6.07 Å². The zero-order valence-corrected chi connectivity index (χ0v) is 10.8. The molecule has 3 N–H and O–H groups in total. The van der Waals surface area contributed by atoms with E-state index in [1.807, 2.05) is 0 Å². The Hall–Kier alpha value is -1.13. The molecule has 0 bridgehead atoms. The second-order valence-electron chi connectivity index (χ2n) is 4.89. The average molecular weight is 234 g/mol. The third-order valence-corrected chi connectivity index (χ3v) is 3.20. The predicted octanol–water partition coefficient (Wildman–Crippen LogP) is 1.00. The summed E-state index contributed by atoms with van der Waals surface area (Å²) in [5.41, 5.74) is 9.58. The highest BCUT2D eigenvalue weighted by atomic mass is 15.1. The van der Waals surface area contributed by atoms with Crippen LogP contribution >= 0.6 is 0 Å². The van der Waals surface area contributed by atoms with E-state index in [0.717, 1.165) is 37.3 Å². The first-order valence-electron chi connectivity index (χ1n) is 6.31. The van der Waals surface area contributed by atoms with Gasteiger partial charge in [0.05, 0.1) is 0 Å². The summed E-state index contributed by atoms with van der Waals surface area (Å²) >= 11 is 0. The Kier molecular flexibility index (Phi) is 3.97. The molecule has 1 aliphatic carbocycles. The summed E-state index contributed by atoms with van der Waals surface area (Å²) in [7, 11) is 4.14. The number of rotatable bonds is 5. The van der Waals surface area contributed by atoms with Gasteiger partial charge >= 0.3 is 0 Å². The summed E-state index contributed by atoms with van der Waals surface area (Å²) in [6.45, 7) is 2.47. The molecule has 0 atom stereocenters. The van der Waals surface area contributed by atoms with Gasteiger partial charge in [0.25, 0.3) is 0 Å². The van der Waals surface area contributed by atoms with Gasteiger partial charge in [0.2, 0.25) is 0 Å². The Morgan fingerprint density at radius 1 is 1.41 bits per heavy atom. The van der Waals surface area contributed by atoms with Gasteiger partial charge in [0.1, 0.15) is 5.82 Å². The van der Waals surface area contributed by atoms with Gasteiger partial charge in [-0.2, -0.15) is 0 Å². The van der Waals surface area contributed by atoms with Gasteiger partial charge in [-0.15, -0.1) is 0 Å².